The molecule has 0 spiro atoms. The third kappa shape index (κ3) is 10.1. The number of nitrogens with zero attached hydrogens (tertiary/aromatic N) is 7. The van der Waals surface area contributed by atoms with Crippen molar-refractivity contribution in [1.29, 1.82) is 0 Å². The number of aryl methyl sites for hydroxylation is 1. The maximum atomic E-state index is 13.7. The number of nitrogens with one attached hydrogen (secondary N) is 2. The van der Waals surface area contributed by atoms with E-state index in [1.54, 1.807) is 0 Å². The molecule has 0 bridgehead atoms. The van der Waals surface area contributed by atoms with Crippen molar-refractivity contribution in [3.05, 3.63) is 125 Å². The number of carboxylic acids is 1. The van der Waals surface area contributed by atoms with E-state index in [4.69, 9.17) is 14.8 Å². The zero-order valence-electron chi connectivity index (χ0n) is 42.3. The molecule has 3 amide bonds. The number of imide groups is 1. The predicted octanol–water partition coefficient (Wildman–Crippen LogP) is 9.91. The Bertz CT molecular complexity index is 3250. The van der Waals surface area contributed by atoms with Gasteiger partial charge in [0.1, 0.15) is 11.6 Å². The molecule has 3 N–H and O–H groups in total. The molecule has 15 nitrogen and oxygen atoms in total. The van der Waals surface area contributed by atoms with E-state index in [0.29, 0.717) is 66.4 Å². The summed E-state index contributed by atoms with van der Waals surface area (Å²) in [7, 11) is 1.92. The number of para-hydroxylation sites is 1. The van der Waals surface area contributed by atoms with Crippen LogP contribution in [-0.4, -0.2) is 98.3 Å². The van der Waals surface area contributed by atoms with Gasteiger partial charge in [-0.05, 0) is 142 Å². The van der Waals surface area contributed by atoms with Crippen LogP contribution in [0.4, 0.5) is 16.6 Å². The molecular formula is C58H63N9O6S. The molecule has 11 rings (SSSR count). The number of piperidine rings is 1. The second kappa shape index (κ2) is 21.0. The van der Waals surface area contributed by atoms with Crippen LogP contribution >= 0.6 is 11.3 Å². The number of hydrogen-bond donors (Lipinski definition) is 3. The lowest BCUT2D eigenvalue weighted by Gasteiger charge is -2.39. The Labute approximate surface area is 434 Å². The molecular weight excluding hydrogens is 951 g/mol. The molecule has 382 valence electrons. The topological polar surface area (TPSA) is 175 Å². The fourth-order valence-corrected chi connectivity index (χ4v) is 12.7. The van der Waals surface area contributed by atoms with Crippen molar-refractivity contribution in [3.63, 3.8) is 0 Å². The number of aromatic carboxylic acids is 1. The fraction of sp³-hybridized carbons (Fsp3) is 0.397. The number of anilines is 3. The summed E-state index contributed by atoms with van der Waals surface area (Å²) < 4.78 is 9.56. The molecule has 16 heteroatoms. The zero-order valence-corrected chi connectivity index (χ0v) is 43.1. The standard InChI is InChI=1S/C58H63N9O6S/c1-35(65-29-31-66(32-30-65)39-19-22-44-48(33-39)64(3)63-53(44)45-24-26-52(68)61-56(45)70)9-6-10-37-17-20-40(21-18-37)73-49-15-8-12-41(36(49)2)42-23-25-51(60-54(42)57(71)72)67-28-27-38-11-7-13-43(46(38)34-67)55(69)62-58-59-47-14-4-5-16-50(47)74-58/h4-5,7-8,11-16,19,22-23,25,33,35,37,40,45H,6,9-10,17-18,20-21,24,26-32,34H2,1-3H3,(H,71,72)(H,59,62,69)(H,61,68,70)/t35-,37?,40?,45-/m0/s1. The smallest absolute Gasteiger partial charge is 0.355 e. The number of aromatic nitrogens is 4. The molecule has 3 aromatic heterocycles. The van der Waals surface area contributed by atoms with Gasteiger partial charge >= 0.3 is 5.97 Å². The SMILES string of the molecule is Cc1c(OC2CCC(CCC[C@H](C)N3CCN(c4ccc5c([C@@H]6CCC(=O)NC6=O)nn(C)c5c4)CC3)CC2)cccc1-c1ccc(N2CCc3cccc(C(=O)Nc4nc5ccccc5s4)c3C2)nc1C(=O)O. The van der Waals surface area contributed by atoms with Gasteiger partial charge in [0.2, 0.25) is 11.8 Å². The van der Waals surface area contributed by atoms with Crippen LogP contribution in [0.3, 0.4) is 0 Å². The molecule has 4 aliphatic rings. The first-order valence-corrected chi connectivity index (χ1v) is 27.1. The van der Waals surface area contributed by atoms with Crippen molar-refractivity contribution in [1.82, 2.24) is 30.0 Å². The molecule has 1 saturated carbocycles. The van der Waals surface area contributed by atoms with Crippen molar-refractivity contribution < 1.29 is 29.0 Å². The van der Waals surface area contributed by atoms with Gasteiger partial charge < -0.3 is 19.6 Å². The van der Waals surface area contributed by atoms with Gasteiger partial charge in [-0.1, -0.05) is 60.6 Å². The average Bonchev–Trinajstić information content (AvgIpc) is 3.98. The van der Waals surface area contributed by atoms with Crippen molar-refractivity contribution in [2.24, 2.45) is 13.0 Å². The normalized spacial score (nSPS) is 19.9. The highest BCUT2D eigenvalue weighted by Crippen LogP contribution is 2.38. The van der Waals surface area contributed by atoms with E-state index < -0.39 is 11.9 Å². The van der Waals surface area contributed by atoms with Gasteiger partial charge in [-0.15, -0.1) is 0 Å². The number of carbonyl (C=O) groups excluding carboxylic acids is 3. The van der Waals surface area contributed by atoms with Crippen LogP contribution in [-0.2, 0) is 29.6 Å². The molecule has 2 atom stereocenters. The van der Waals surface area contributed by atoms with Crippen LogP contribution in [0.2, 0.25) is 0 Å². The summed E-state index contributed by atoms with van der Waals surface area (Å²) in [5.41, 5.74) is 8.52. The minimum atomic E-state index is -1.10. The summed E-state index contributed by atoms with van der Waals surface area (Å²) in [6.07, 6.45) is 9.50. The van der Waals surface area contributed by atoms with Gasteiger partial charge in [0.25, 0.3) is 5.91 Å². The third-order valence-corrected chi connectivity index (χ3v) is 17.0. The number of pyridine rings is 1. The number of carboxylic acid groups (broad SMARTS) is 1. The van der Waals surface area contributed by atoms with Gasteiger partial charge in [-0.2, -0.15) is 5.10 Å². The van der Waals surface area contributed by atoms with Gasteiger partial charge in [0, 0.05) is 81.0 Å². The highest BCUT2D eigenvalue weighted by Gasteiger charge is 2.33. The number of benzene rings is 4. The number of hydrogen-bond acceptors (Lipinski definition) is 12. The van der Waals surface area contributed by atoms with Gasteiger partial charge in [0.15, 0.2) is 10.8 Å². The Morgan fingerprint density at radius 1 is 0.865 bits per heavy atom. The van der Waals surface area contributed by atoms with Crippen LogP contribution in [0.15, 0.2) is 91.0 Å². The maximum Gasteiger partial charge on any atom is 0.355 e. The summed E-state index contributed by atoms with van der Waals surface area (Å²) in [6, 6.07) is 30.2. The maximum absolute atomic E-state index is 13.7. The summed E-state index contributed by atoms with van der Waals surface area (Å²) in [5, 5.41) is 22.3. The number of ether oxygens (including phenoxy) is 1. The van der Waals surface area contributed by atoms with Crippen LogP contribution in [0.25, 0.3) is 32.2 Å². The lowest BCUT2D eigenvalue weighted by molar-refractivity contribution is -0.134. The van der Waals surface area contributed by atoms with E-state index in [1.807, 2.05) is 85.4 Å². The largest absolute Gasteiger partial charge is 0.490 e. The van der Waals surface area contributed by atoms with Crippen molar-refractivity contribution in [2.75, 3.05) is 47.8 Å². The first-order chi connectivity index (χ1) is 35.9. The molecule has 3 aliphatic heterocycles. The molecule has 0 radical (unpaired) electrons. The van der Waals surface area contributed by atoms with Crippen molar-refractivity contribution >= 4 is 72.8 Å². The van der Waals surface area contributed by atoms with E-state index in [-0.39, 0.29) is 29.5 Å². The average molecular weight is 1010 g/mol. The molecule has 7 aromatic rings. The Morgan fingerprint density at radius 2 is 1.68 bits per heavy atom. The Morgan fingerprint density at radius 3 is 2.47 bits per heavy atom. The molecule has 1 aliphatic carbocycles. The number of thiazole rings is 1. The monoisotopic (exact) mass is 1010 g/mol. The number of carbonyl (C=O) groups is 4. The van der Waals surface area contributed by atoms with Gasteiger partial charge in [-0.25, -0.2) is 14.8 Å². The fourth-order valence-electron chi connectivity index (χ4n) is 11.8. The number of rotatable bonds is 14. The Hall–Kier alpha value is -7.17. The van der Waals surface area contributed by atoms with Gasteiger partial charge in [0.05, 0.1) is 33.4 Å². The minimum absolute atomic E-state index is 0.0175. The first kappa shape index (κ1) is 49.1. The summed E-state index contributed by atoms with van der Waals surface area (Å²) in [4.78, 5) is 67.4. The lowest BCUT2D eigenvalue weighted by Crippen LogP contribution is -2.49. The molecule has 0 unspecified atom stereocenters. The third-order valence-electron chi connectivity index (χ3n) is 16.1. The highest BCUT2D eigenvalue weighted by atomic mass is 32.1. The molecule has 2 saturated heterocycles. The molecule has 6 heterocycles. The van der Waals surface area contributed by atoms with Crippen LogP contribution in [0.5, 0.6) is 5.75 Å². The summed E-state index contributed by atoms with van der Waals surface area (Å²) in [6.45, 7) is 9.36. The van der Waals surface area contributed by atoms with E-state index in [2.05, 4.69) is 61.5 Å². The molecule has 74 heavy (non-hydrogen) atoms. The lowest BCUT2D eigenvalue weighted by atomic mass is 9.84. The van der Waals surface area contributed by atoms with Crippen LogP contribution in [0, 0.1) is 12.8 Å². The number of amides is 3. The molecule has 4 aromatic carbocycles. The van der Waals surface area contributed by atoms with Crippen molar-refractivity contribution in [2.45, 2.75) is 103 Å². The van der Waals surface area contributed by atoms with Crippen LogP contribution < -0.4 is 25.2 Å². The first-order valence-electron chi connectivity index (χ1n) is 26.3. The van der Waals surface area contributed by atoms with E-state index in [9.17, 15) is 24.3 Å². The van der Waals surface area contributed by atoms with Gasteiger partial charge in [-0.3, -0.25) is 34.6 Å². The second-order valence-corrected chi connectivity index (χ2v) is 21.7. The summed E-state index contributed by atoms with van der Waals surface area (Å²) in [5.74, 6) is -0.191. The summed E-state index contributed by atoms with van der Waals surface area (Å²) >= 11 is 1.44. The second-order valence-electron chi connectivity index (χ2n) is 20.6. The molecule has 3 fully saturated rings. The quantitative estimate of drug-likeness (QED) is 0.0881. The number of piperazine rings is 1. The van der Waals surface area contributed by atoms with E-state index in [0.717, 1.165) is 107 Å². The van der Waals surface area contributed by atoms with Crippen LogP contribution in [0.1, 0.15) is 114 Å². The van der Waals surface area contributed by atoms with E-state index >= 15 is 0 Å². The van der Waals surface area contributed by atoms with Crippen molar-refractivity contribution in [3.8, 4) is 16.9 Å². The highest BCUT2D eigenvalue weighted by molar-refractivity contribution is 7.22. The number of fused-ring (bicyclic) bond motifs is 3. The predicted molar refractivity (Wildman–Crippen MR) is 289 cm³/mol. The Balaban J connectivity index is 0.656. The zero-order chi connectivity index (χ0) is 51.0. The minimum Gasteiger partial charge on any atom is -0.490 e. The Kier molecular flexibility index (Phi) is 13.9. The van der Waals surface area contributed by atoms with E-state index in [1.165, 1.54) is 36.3 Å².